The highest BCUT2D eigenvalue weighted by atomic mass is 16.4. The van der Waals surface area contributed by atoms with Crippen LogP contribution in [0.4, 0.5) is 0 Å². The standard InChI is InChI=1S/C13H10N2O4/c16-6-5-15-11-7-9(1-4-13(18)19)8-14-10(11)2-3-12(15)17/h1-4,6-8H,5H2,(H,18,19)/b4-1+. The van der Waals surface area contributed by atoms with Gasteiger partial charge in [0.05, 0.1) is 17.6 Å². The maximum Gasteiger partial charge on any atom is 0.328 e. The SMILES string of the molecule is O=CCn1c(=O)ccc2ncc(/C=C/C(=O)O)cc21. The number of carbonyl (C=O) groups excluding carboxylic acids is 1. The molecule has 1 N–H and O–H groups in total. The van der Waals surface area contributed by atoms with Crippen molar-refractivity contribution >= 4 is 29.4 Å². The van der Waals surface area contributed by atoms with Gasteiger partial charge in [0.15, 0.2) is 0 Å². The Morgan fingerprint density at radius 3 is 2.89 bits per heavy atom. The average Bonchev–Trinajstić information content (AvgIpc) is 2.39. The Labute approximate surface area is 107 Å². The average molecular weight is 258 g/mol. The molecule has 2 heterocycles. The van der Waals surface area contributed by atoms with Crippen molar-refractivity contribution in [3.63, 3.8) is 0 Å². The van der Waals surface area contributed by atoms with Gasteiger partial charge in [-0.2, -0.15) is 0 Å². The highest BCUT2D eigenvalue weighted by Crippen LogP contribution is 2.12. The van der Waals surface area contributed by atoms with Crippen LogP contribution in [0.2, 0.25) is 0 Å². The summed E-state index contributed by atoms with van der Waals surface area (Å²) in [5, 5.41) is 8.56. The third-order valence-electron chi connectivity index (χ3n) is 2.53. The van der Waals surface area contributed by atoms with Crippen LogP contribution >= 0.6 is 0 Å². The van der Waals surface area contributed by atoms with Gasteiger partial charge in [-0.25, -0.2) is 4.79 Å². The molecule has 19 heavy (non-hydrogen) atoms. The van der Waals surface area contributed by atoms with E-state index in [4.69, 9.17) is 5.11 Å². The molecule has 0 aliphatic heterocycles. The molecule has 6 nitrogen and oxygen atoms in total. The van der Waals surface area contributed by atoms with E-state index >= 15 is 0 Å². The fraction of sp³-hybridized carbons (Fsp3) is 0.0769. The lowest BCUT2D eigenvalue weighted by Gasteiger charge is -2.06. The molecule has 0 aliphatic rings. The number of carboxylic acids is 1. The highest BCUT2D eigenvalue weighted by molar-refractivity contribution is 5.86. The Morgan fingerprint density at radius 1 is 1.42 bits per heavy atom. The van der Waals surface area contributed by atoms with E-state index in [0.29, 0.717) is 22.9 Å². The smallest absolute Gasteiger partial charge is 0.328 e. The van der Waals surface area contributed by atoms with Crippen LogP contribution in [-0.2, 0) is 16.1 Å². The van der Waals surface area contributed by atoms with Gasteiger partial charge in [0.25, 0.3) is 5.56 Å². The summed E-state index contributed by atoms with van der Waals surface area (Å²) in [7, 11) is 0. The normalized spacial score (nSPS) is 10.9. The Hall–Kier alpha value is -2.76. The number of aldehydes is 1. The summed E-state index contributed by atoms with van der Waals surface area (Å²) in [5.74, 6) is -1.07. The second-order valence-electron chi connectivity index (χ2n) is 3.79. The summed E-state index contributed by atoms with van der Waals surface area (Å²) in [6.45, 7) is -0.0655. The Kier molecular flexibility index (Phi) is 3.51. The number of carbonyl (C=O) groups is 2. The number of carboxylic acid groups (broad SMARTS) is 1. The fourth-order valence-electron chi connectivity index (χ4n) is 1.70. The van der Waals surface area contributed by atoms with E-state index in [2.05, 4.69) is 4.98 Å². The van der Waals surface area contributed by atoms with E-state index < -0.39 is 5.97 Å². The predicted molar refractivity (Wildman–Crippen MR) is 68.7 cm³/mol. The molecule has 2 aromatic heterocycles. The summed E-state index contributed by atoms with van der Waals surface area (Å²) in [4.78, 5) is 36.8. The number of nitrogens with zero attached hydrogens (tertiary/aromatic N) is 2. The van der Waals surface area contributed by atoms with Crippen LogP contribution in [0.1, 0.15) is 5.56 Å². The van der Waals surface area contributed by atoms with Crippen LogP contribution in [0.25, 0.3) is 17.1 Å². The van der Waals surface area contributed by atoms with Crippen LogP contribution in [0.5, 0.6) is 0 Å². The van der Waals surface area contributed by atoms with Gasteiger partial charge in [-0.1, -0.05) is 0 Å². The molecule has 0 aromatic carbocycles. The maximum atomic E-state index is 11.7. The van der Waals surface area contributed by atoms with E-state index in [9.17, 15) is 14.4 Å². The van der Waals surface area contributed by atoms with E-state index in [0.717, 1.165) is 6.08 Å². The lowest BCUT2D eigenvalue weighted by Crippen LogP contribution is -2.20. The third kappa shape index (κ3) is 2.74. The van der Waals surface area contributed by atoms with E-state index in [1.807, 2.05) is 0 Å². The number of fused-ring (bicyclic) bond motifs is 1. The monoisotopic (exact) mass is 258 g/mol. The van der Waals surface area contributed by atoms with Crippen molar-refractivity contribution in [3.05, 3.63) is 46.4 Å². The molecule has 0 saturated heterocycles. The zero-order chi connectivity index (χ0) is 13.8. The molecule has 0 spiro atoms. The lowest BCUT2D eigenvalue weighted by molar-refractivity contribution is -0.131. The second kappa shape index (κ2) is 5.26. The lowest BCUT2D eigenvalue weighted by atomic mass is 10.2. The second-order valence-corrected chi connectivity index (χ2v) is 3.79. The molecule has 0 atom stereocenters. The van der Waals surface area contributed by atoms with Crippen molar-refractivity contribution in [3.8, 4) is 0 Å². The highest BCUT2D eigenvalue weighted by Gasteiger charge is 2.04. The largest absolute Gasteiger partial charge is 0.478 e. The van der Waals surface area contributed by atoms with Gasteiger partial charge in [-0.15, -0.1) is 0 Å². The van der Waals surface area contributed by atoms with Crippen molar-refractivity contribution in [1.82, 2.24) is 9.55 Å². The van der Waals surface area contributed by atoms with Crippen molar-refractivity contribution < 1.29 is 14.7 Å². The zero-order valence-electron chi connectivity index (χ0n) is 9.81. The first kappa shape index (κ1) is 12.7. The first-order valence-corrected chi connectivity index (χ1v) is 5.46. The van der Waals surface area contributed by atoms with Gasteiger partial charge in [0.2, 0.25) is 0 Å². The molecule has 0 amide bonds. The molecule has 2 aromatic rings. The number of aliphatic carboxylic acids is 1. The Bertz CT molecular complexity index is 731. The molecule has 0 fully saturated rings. The molecular formula is C13H10N2O4. The quantitative estimate of drug-likeness (QED) is 0.643. The molecule has 0 aliphatic carbocycles. The van der Waals surface area contributed by atoms with Crippen LogP contribution in [0, 0.1) is 0 Å². The van der Waals surface area contributed by atoms with Gasteiger partial charge in [-0.3, -0.25) is 14.3 Å². The minimum absolute atomic E-state index is 0.0655. The number of hydrogen-bond donors (Lipinski definition) is 1. The molecule has 0 bridgehead atoms. The summed E-state index contributed by atoms with van der Waals surface area (Å²) >= 11 is 0. The summed E-state index contributed by atoms with van der Waals surface area (Å²) in [5.41, 5.74) is 1.29. The maximum absolute atomic E-state index is 11.7. The van der Waals surface area contributed by atoms with Crippen LogP contribution < -0.4 is 5.56 Å². The van der Waals surface area contributed by atoms with Crippen molar-refractivity contribution in [2.45, 2.75) is 6.54 Å². The van der Waals surface area contributed by atoms with E-state index in [-0.39, 0.29) is 12.1 Å². The van der Waals surface area contributed by atoms with Crippen LogP contribution in [0.3, 0.4) is 0 Å². The molecule has 96 valence electrons. The Morgan fingerprint density at radius 2 is 2.21 bits per heavy atom. The molecule has 0 saturated carbocycles. The van der Waals surface area contributed by atoms with Gasteiger partial charge >= 0.3 is 5.97 Å². The number of aromatic nitrogens is 2. The topological polar surface area (TPSA) is 89.3 Å². The van der Waals surface area contributed by atoms with Crippen LogP contribution in [-0.4, -0.2) is 26.9 Å². The first-order valence-electron chi connectivity index (χ1n) is 5.46. The molecule has 0 unspecified atom stereocenters. The predicted octanol–water partition coefficient (Wildman–Crippen LogP) is 0.693. The van der Waals surface area contributed by atoms with Crippen molar-refractivity contribution in [2.75, 3.05) is 0 Å². The van der Waals surface area contributed by atoms with Crippen molar-refractivity contribution in [2.24, 2.45) is 0 Å². The number of hydrogen-bond acceptors (Lipinski definition) is 4. The minimum atomic E-state index is -1.07. The zero-order valence-corrected chi connectivity index (χ0v) is 9.81. The summed E-state index contributed by atoms with van der Waals surface area (Å²) in [6.07, 6.45) is 4.48. The minimum Gasteiger partial charge on any atom is -0.478 e. The summed E-state index contributed by atoms with van der Waals surface area (Å²) < 4.78 is 1.29. The van der Waals surface area contributed by atoms with Crippen LogP contribution in [0.15, 0.2) is 35.3 Å². The molecule has 0 radical (unpaired) electrons. The molecular weight excluding hydrogens is 248 g/mol. The summed E-state index contributed by atoms with van der Waals surface area (Å²) in [6, 6.07) is 4.52. The number of rotatable bonds is 4. The molecule has 2 rings (SSSR count). The molecule has 6 heteroatoms. The third-order valence-corrected chi connectivity index (χ3v) is 2.53. The first-order chi connectivity index (χ1) is 9.11. The van der Waals surface area contributed by atoms with E-state index in [1.165, 1.54) is 22.9 Å². The number of pyridine rings is 2. The fourth-order valence-corrected chi connectivity index (χ4v) is 1.70. The van der Waals surface area contributed by atoms with Crippen molar-refractivity contribution in [1.29, 1.82) is 0 Å². The van der Waals surface area contributed by atoms with Gasteiger partial charge < -0.3 is 9.90 Å². The van der Waals surface area contributed by atoms with Gasteiger partial charge in [0, 0.05) is 18.3 Å². The van der Waals surface area contributed by atoms with Gasteiger partial charge in [-0.05, 0) is 23.8 Å². The Balaban J connectivity index is 2.62. The van der Waals surface area contributed by atoms with Gasteiger partial charge in [0.1, 0.15) is 6.29 Å². The van der Waals surface area contributed by atoms with E-state index in [1.54, 1.807) is 12.1 Å².